The van der Waals surface area contributed by atoms with Gasteiger partial charge in [0.1, 0.15) is 0 Å². The minimum absolute atomic E-state index is 0.304. The van der Waals surface area contributed by atoms with Gasteiger partial charge in [-0.2, -0.15) is 0 Å². The van der Waals surface area contributed by atoms with Crippen LogP contribution in [0.1, 0.15) is 30.0 Å². The molecule has 0 aromatic heterocycles. The first-order valence-corrected chi connectivity index (χ1v) is 7.95. The second kappa shape index (κ2) is 6.17. The third kappa shape index (κ3) is 2.46. The van der Waals surface area contributed by atoms with Crippen molar-refractivity contribution in [3.63, 3.8) is 0 Å². The van der Waals surface area contributed by atoms with E-state index >= 15 is 0 Å². The van der Waals surface area contributed by atoms with Gasteiger partial charge in [-0.15, -0.1) is 0 Å². The Bertz CT molecular complexity index is 740. The molecule has 0 aliphatic heterocycles. The number of benzene rings is 3. The lowest BCUT2D eigenvalue weighted by Crippen LogP contribution is -2.30. The van der Waals surface area contributed by atoms with E-state index in [1.807, 2.05) is 24.3 Å². The molecule has 3 aromatic carbocycles. The van der Waals surface area contributed by atoms with Crippen molar-refractivity contribution < 1.29 is 0 Å². The van der Waals surface area contributed by atoms with E-state index in [9.17, 15) is 0 Å². The van der Waals surface area contributed by atoms with Crippen LogP contribution < -0.4 is 11.5 Å². The second-order valence-electron chi connectivity index (χ2n) is 5.80. The Labute approximate surface area is 137 Å². The zero-order chi connectivity index (χ0) is 16.3. The molecule has 2 nitrogen and oxygen atoms in total. The monoisotopic (exact) mass is 302 g/mol. The van der Waals surface area contributed by atoms with Crippen LogP contribution in [0.3, 0.4) is 0 Å². The summed E-state index contributed by atoms with van der Waals surface area (Å²) in [7, 11) is 0. The number of nitrogen functional groups attached to an aromatic ring is 2. The molecule has 0 radical (unpaired) electrons. The smallest absolute Gasteiger partial charge is 0.0592 e. The fourth-order valence-corrected chi connectivity index (χ4v) is 3.48. The van der Waals surface area contributed by atoms with E-state index in [0.717, 1.165) is 12.0 Å². The molecule has 116 valence electrons. The molecule has 0 spiro atoms. The SMILES string of the molecule is CCC(c1ccccc1)(c1ccccc1)c1cccc(N)c1N. The molecule has 0 saturated heterocycles. The maximum absolute atomic E-state index is 6.39. The predicted octanol–water partition coefficient (Wildman–Crippen LogP) is 4.60. The first-order valence-electron chi connectivity index (χ1n) is 7.95. The van der Waals surface area contributed by atoms with Gasteiger partial charge in [0, 0.05) is 5.41 Å². The average Bonchev–Trinajstić information content (AvgIpc) is 2.61. The van der Waals surface area contributed by atoms with Gasteiger partial charge in [0.05, 0.1) is 11.4 Å². The zero-order valence-corrected chi connectivity index (χ0v) is 13.4. The molecule has 0 aliphatic rings. The Morgan fingerprint density at radius 3 is 1.70 bits per heavy atom. The Morgan fingerprint density at radius 2 is 1.22 bits per heavy atom. The van der Waals surface area contributed by atoms with Crippen molar-refractivity contribution >= 4 is 11.4 Å². The Kier molecular flexibility index (Phi) is 4.07. The van der Waals surface area contributed by atoms with Crippen molar-refractivity contribution in [1.29, 1.82) is 0 Å². The maximum Gasteiger partial charge on any atom is 0.0592 e. The van der Waals surface area contributed by atoms with Crippen LogP contribution in [-0.2, 0) is 5.41 Å². The van der Waals surface area contributed by atoms with E-state index in [1.54, 1.807) is 0 Å². The number of rotatable bonds is 4. The summed E-state index contributed by atoms with van der Waals surface area (Å²) in [6, 6.07) is 27.0. The summed E-state index contributed by atoms with van der Waals surface area (Å²) in [4.78, 5) is 0. The molecular weight excluding hydrogens is 280 g/mol. The summed E-state index contributed by atoms with van der Waals surface area (Å²) in [5, 5.41) is 0. The average molecular weight is 302 g/mol. The molecule has 3 aromatic rings. The van der Waals surface area contributed by atoms with Crippen LogP contribution in [-0.4, -0.2) is 0 Å². The van der Waals surface area contributed by atoms with E-state index in [-0.39, 0.29) is 5.41 Å². The first kappa shape index (κ1) is 15.2. The molecule has 0 heterocycles. The molecule has 0 bridgehead atoms. The summed E-state index contributed by atoms with van der Waals surface area (Å²) in [5.41, 5.74) is 17.0. The fraction of sp³-hybridized carbons (Fsp3) is 0.143. The Morgan fingerprint density at radius 1 is 0.696 bits per heavy atom. The standard InChI is InChI=1S/C21H22N2/c1-2-21(16-10-5-3-6-11-16,17-12-7-4-8-13-17)18-14-9-15-19(22)20(18)23/h3-15H,2,22-23H2,1H3. The highest BCUT2D eigenvalue weighted by Crippen LogP contribution is 2.45. The van der Waals surface area contributed by atoms with Crippen LogP contribution in [0.15, 0.2) is 78.9 Å². The van der Waals surface area contributed by atoms with Crippen molar-refractivity contribution in [3.05, 3.63) is 95.6 Å². The topological polar surface area (TPSA) is 52.0 Å². The van der Waals surface area contributed by atoms with Gasteiger partial charge in [-0.05, 0) is 29.2 Å². The normalized spacial score (nSPS) is 11.3. The second-order valence-corrected chi connectivity index (χ2v) is 5.80. The van der Waals surface area contributed by atoms with Crippen molar-refractivity contribution in [2.45, 2.75) is 18.8 Å². The van der Waals surface area contributed by atoms with Crippen LogP contribution in [0.5, 0.6) is 0 Å². The third-order valence-electron chi connectivity index (χ3n) is 4.66. The largest absolute Gasteiger partial charge is 0.397 e. The number of para-hydroxylation sites is 1. The van der Waals surface area contributed by atoms with Gasteiger partial charge >= 0.3 is 0 Å². The molecule has 0 aliphatic carbocycles. The van der Waals surface area contributed by atoms with E-state index in [4.69, 9.17) is 11.5 Å². The summed E-state index contributed by atoms with van der Waals surface area (Å²) in [5.74, 6) is 0. The highest BCUT2D eigenvalue weighted by atomic mass is 14.7. The molecule has 0 fully saturated rings. The Balaban J connectivity index is 2.36. The highest BCUT2D eigenvalue weighted by Gasteiger charge is 2.36. The molecule has 0 atom stereocenters. The van der Waals surface area contributed by atoms with Gasteiger partial charge < -0.3 is 11.5 Å². The van der Waals surface area contributed by atoms with E-state index < -0.39 is 0 Å². The quantitative estimate of drug-likeness (QED) is 0.547. The van der Waals surface area contributed by atoms with Crippen LogP contribution in [0.2, 0.25) is 0 Å². The van der Waals surface area contributed by atoms with Crippen molar-refractivity contribution in [2.75, 3.05) is 11.5 Å². The minimum Gasteiger partial charge on any atom is -0.397 e. The summed E-state index contributed by atoms with van der Waals surface area (Å²) in [6.07, 6.45) is 0.898. The van der Waals surface area contributed by atoms with Gasteiger partial charge in [-0.3, -0.25) is 0 Å². The lowest BCUT2D eigenvalue weighted by Gasteiger charge is -2.36. The molecule has 2 heteroatoms. The van der Waals surface area contributed by atoms with Crippen LogP contribution in [0.25, 0.3) is 0 Å². The fourth-order valence-electron chi connectivity index (χ4n) is 3.48. The molecule has 3 rings (SSSR count). The van der Waals surface area contributed by atoms with Gasteiger partial charge in [-0.25, -0.2) is 0 Å². The molecule has 4 N–H and O–H groups in total. The summed E-state index contributed by atoms with van der Waals surface area (Å²) >= 11 is 0. The predicted molar refractivity (Wildman–Crippen MR) is 98.3 cm³/mol. The van der Waals surface area contributed by atoms with Crippen LogP contribution in [0, 0.1) is 0 Å². The molecule has 0 unspecified atom stereocenters. The van der Waals surface area contributed by atoms with Crippen molar-refractivity contribution in [3.8, 4) is 0 Å². The van der Waals surface area contributed by atoms with Gasteiger partial charge in [0.15, 0.2) is 0 Å². The Hall–Kier alpha value is -2.74. The van der Waals surface area contributed by atoms with E-state index in [1.165, 1.54) is 11.1 Å². The third-order valence-corrected chi connectivity index (χ3v) is 4.66. The summed E-state index contributed by atoms with van der Waals surface area (Å²) in [6.45, 7) is 2.20. The number of nitrogens with two attached hydrogens (primary N) is 2. The number of hydrogen-bond acceptors (Lipinski definition) is 2. The molecule has 23 heavy (non-hydrogen) atoms. The lowest BCUT2D eigenvalue weighted by atomic mass is 9.67. The lowest BCUT2D eigenvalue weighted by molar-refractivity contribution is 0.596. The highest BCUT2D eigenvalue weighted by molar-refractivity contribution is 5.72. The number of anilines is 2. The van der Waals surface area contributed by atoms with Crippen LogP contribution in [0.4, 0.5) is 11.4 Å². The first-order chi connectivity index (χ1) is 11.2. The van der Waals surface area contributed by atoms with Gasteiger partial charge in [-0.1, -0.05) is 79.7 Å². The number of hydrogen-bond donors (Lipinski definition) is 2. The minimum atomic E-state index is -0.304. The van der Waals surface area contributed by atoms with Gasteiger partial charge in [0.25, 0.3) is 0 Å². The molecule has 0 amide bonds. The summed E-state index contributed by atoms with van der Waals surface area (Å²) < 4.78 is 0. The molecular formula is C21H22N2. The molecule has 0 saturated carbocycles. The van der Waals surface area contributed by atoms with Gasteiger partial charge in [0.2, 0.25) is 0 Å². The zero-order valence-electron chi connectivity index (χ0n) is 13.4. The van der Waals surface area contributed by atoms with Crippen molar-refractivity contribution in [1.82, 2.24) is 0 Å². The van der Waals surface area contributed by atoms with Crippen molar-refractivity contribution in [2.24, 2.45) is 0 Å². The van der Waals surface area contributed by atoms with E-state index in [2.05, 4.69) is 61.5 Å². The maximum atomic E-state index is 6.39. The van der Waals surface area contributed by atoms with E-state index in [0.29, 0.717) is 11.4 Å². The van der Waals surface area contributed by atoms with Crippen LogP contribution >= 0.6 is 0 Å².